The van der Waals surface area contributed by atoms with Crippen LogP contribution in [0.5, 0.6) is 5.75 Å². The summed E-state index contributed by atoms with van der Waals surface area (Å²) in [7, 11) is 0. The lowest BCUT2D eigenvalue weighted by molar-refractivity contribution is -0.138. The third kappa shape index (κ3) is 3.38. The van der Waals surface area contributed by atoms with Crippen LogP contribution in [0.15, 0.2) is 48.8 Å². The van der Waals surface area contributed by atoms with E-state index in [0.717, 1.165) is 24.9 Å². The maximum atomic E-state index is 12.8. The third-order valence-corrected chi connectivity index (χ3v) is 4.25. The summed E-state index contributed by atoms with van der Waals surface area (Å²) >= 11 is 0. The predicted octanol–water partition coefficient (Wildman–Crippen LogP) is 3.08. The molecule has 5 nitrogen and oxygen atoms in total. The molecule has 24 heavy (non-hydrogen) atoms. The Labute approximate surface area is 141 Å². The number of ether oxygens (including phenoxy) is 1. The van der Waals surface area contributed by atoms with Crippen LogP contribution in [-0.4, -0.2) is 28.4 Å². The minimum Gasteiger partial charge on any atom is -0.481 e. The predicted molar refractivity (Wildman–Crippen MR) is 89.2 cm³/mol. The normalized spacial score (nSPS) is 18.0. The zero-order valence-corrected chi connectivity index (χ0v) is 13.6. The highest BCUT2D eigenvalue weighted by molar-refractivity contribution is 5.81. The van der Waals surface area contributed by atoms with E-state index in [1.165, 1.54) is 0 Å². The van der Waals surface area contributed by atoms with E-state index in [2.05, 4.69) is 11.1 Å². The summed E-state index contributed by atoms with van der Waals surface area (Å²) in [4.78, 5) is 18.7. The zero-order valence-electron chi connectivity index (χ0n) is 13.6. The first-order valence-corrected chi connectivity index (χ1v) is 8.06. The van der Waals surface area contributed by atoms with Crippen molar-refractivity contribution in [3.63, 3.8) is 0 Å². The van der Waals surface area contributed by atoms with Gasteiger partial charge in [0, 0.05) is 18.9 Å². The summed E-state index contributed by atoms with van der Waals surface area (Å²) in [5.74, 6) is 0.506. The number of rotatable bonds is 4. The first-order chi connectivity index (χ1) is 11.7. The van der Waals surface area contributed by atoms with Gasteiger partial charge in [0.2, 0.25) is 0 Å². The van der Waals surface area contributed by atoms with Crippen LogP contribution in [0, 0.1) is 11.3 Å². The molecule has 1 amide bonds. The van der Waals surface area contributed by atoms with Crippen molar-refractivity contribution in [3.05, 3.63) is 59.9 Å². The van der Waals surface area contributed by atoms with Crippen molar-refractivity contribution in [3.8, 4) is 11.8 Å². The molecule has 0 bridgehead atoms. The Morgan fingerprint density at radius 1 is 1.38 bits per heavy atom. The van der Waals surface area contributed by atoms with Gasteiger partial charge in [-0.05, 0) is 55.7 Å². The van der Waals surface area contributed by atoms with Gasteiger partial charge in [-0.15, -0.1) is 0 Å². The molecule has 1 saturated heterocycles. The molecule has 0 saturated carbocycles. The molecule has 2 aromatic rings. The van der Waals surface area contributed by atoms with Gasteiger partial charge in [-0.2, -0.15) is 5.26 Å². The lowest BCUT2D eigenvalue weighted by atomic mass is 10.1. The SMILES string of the molecule is CC(Oc1cccc(C#N)c1)C(=O)N1CCCC1c1ccncc1. The number of amides is 1. The van der Waals surface area contributed by atoms with E-state index >= 15 is 0 Å². The van der Waals surface area contributed by atoms with Gasteiger partial charge in [0.05, 0.1) is 17.7 Å². The first-order valence-electron chi connectivity index (χ1n) is 8.06. The van der Waals surface area contributed by atoms with Gasteiger partial charge in [0.25, 0.3) is 5.91 Å². The van der Waals surface area contributed by atoms with Gasteiger partial charge in [0.15, 0.2) is 6.10 Å². The van der Waals surface area contributed by atoms with E-state index in [-0.39, 0.29) is 11.9 Å². The summed E-state index contributed by atoms with van der Waals surface area (Å²) in [6.07, 6.45) is 4.84. The Kier molecular flexibility index (Phi) is 4.76. The number of nitrogens with zero attached hydrogens (tertiary/aromatic N) is 3. The third-order valence-electron chi connectivity index (χ3n) is 4.25. The quantitative estimate of drug-likeness (QED) is 0.868. The molecule has 2 unspecified atom stereocenters. The average Bonchev–Trinajstić information content (AvgIpc) is 3.11. The minimum atomic E-state index is -0.596. The lowest BCUT2D eigenvalue weighted by Gasteiger charge is -2.28. The van der Waals surface area contributed by atoms with Crippen LogP contribution in [0.4, 0.5) is 0 Å². The van der Waals surface area contributed by atoms with E-state index < -0.39 is 6.10 Å². The molecular formula is C19H19N3O2. The van der Waals surface area contributed by atoms with E-state index in [9.17, 15) is 4.79 Å². The maximum absolute atomic E-state index is 12.8. The fraction of sp³-hybridized carbons (Fsp3) is 0.316. The number of benzene rings is 1. The number of hydrogen-bond acceptors (Lipinski definition) is 4. The molecule has 1 aliphatic heterocycles. The topological polar surface area (TPSA) is 66.2 Å². The van der Waals surface area contributed by atoms with Crippen molar-refractivity contribution < 1.29 is 9.53 Å². The molecule has 122 valence electrons. The summed E-state index contributed by atoms with van der Waals surface area (Å²) in [6, 6.07) is 12.9. The Morgan fingerprint density at radius 2 is 2.17 bits per heavy atom. The Morgan fingerprint density at radius 3 is 2.92 bits per heavy atom. The zero-order chi connectivity index (χ0) is 16.9. The second-order valence-corrected chi connectivity index (χ2v) is 5.87. The van der Waals surface area contributed by atoms with Gasteiger partial charge >= 0.3 is 0 Å². The molecule has 0 N–H and O–H groups in total. The van der Waals surface area contributed by atoms with Crippen molar-refractivity contribution in [1.29, 1.82) is 5.26 Å². The molecule has 0 spiro atoms. The molecule has 2 heterocycles. The largest absolute Gasteiger partial charge is 0.481 e. The summed E-state index contributed by atoms with van der Waals surface area (Å²) in [6.45, 7) is 2.49. The molecule has 5 heteroatoms. The van der Waals surface area contributed by atoms with Crippen molar-refractivity contribution in [1.82, 2.24) is 9.88 Å². The van der Waals surface area contributed by atoms with E-state index in [0.29, 0.717) is 11.3 Å². The van der Waals surface area contributed by atoms with Crippen molar-refractivity contribution in [2.75, 3.05) is 6.54 Å². The van der Waals surface area contributed by atoms with E-state index in [1.54, 1.807) is 43.6 Å². The van der Waals surface area contributed by atoms with Gasteiger partial charge in [0.1, 0.15) is 5.75 Å². The number of carbonyl (C=O) groups is 1. The van der Waals surface area contributed by atoms with Crippen LogP contribution in [0.25, 0.3) is 0 Å². The number of likely N-dealkylation sites (tertiary alicyclic amines) is 1. The van der Waals surface area contributed by atoms with Crippen LogP contribution in [0.3, 0.4) is 0 Å². The molecule has 3 rings (SSSR count). The number of aromatic nitrogens is 1. The first kappa shape index (κ1) is 16.0. The fourth-order valence-electron chi connectivity index (χ4n) is 3.09. The van der Waals surface area contributed by atoms with Crippen LogP contribution in [-0.2, 0) is 4.79 Å². The highest BCUT2D eigenvalue weighted by Crippen LogP contribution is 2.32. The highest BCUT2D eigenvalue weighted by Gasteiger charge is 2.33. The molecule has 0 aliphatic carbocycles. The second kappa shape index (κ2) is 7.14. The Bertz CT molecular complexity index is 755. The second-order valence-electron chi connectivity index (χ2n) is 5.87. The van der Waals surface area contributed by atoms with Crippen molar-refractivity contribution >= 4 is 5.91 Å². The molecule has 1 aliphatic rings. The Hall–Kier alpha value is -2.87. The number of pyridine rings is 1. The van der Waals surface area contributed by atoms with Crippen LogP contribution >= 0.6 is 0 Å². The van der Waals surface area contributed by atoms with Gasteiger partial charge < -0.3 is 9.64 Å². The van der Waals surface area contributed by atoms with Crippen LogP contribution < -0.4 is 4.74 Å². The van der Waals surface area contributed by atoms with Gasteiger partial charge in [-0.3, -0.25) is 9.78 Å². The smallest absolute Gasteiger partial charge is 0.263 e. The lowest BCUT2D eigenvalue weighted by Crippen LogP contribution is -2.40. The summed E-state index contributed by atoms with van der Waals surface area (Å²) in [5, 5.41) is 8.95. The number of nitriles is 1. The molecule has 2 atom stereocenters. The van der Waals surface area contributed by atoms with Crippen LogP contribution in [0.2, 0.25) is 0 Å². The molecular weight excluding hydrogens is 302 g/mol. The summed E-state index contributed by atoms with van der Waals surface area (Å²) < 4.78 is 5.76. The fourth-order valence-corrected chi connectivity index (χ4v) is 3.09. The van der Waals surface area contributed by atoms with Crippen molar-refractivity contribution in [2.45, 2.75) is 31.9 Å². The molecule has 0 radical (unpaired) electrons. The van der Waals surface area contributed by atoms with Crippen molar-refractivity contribution in [2.24, 2.45) is 0 Å². The Balaban J connectivity index is 1.71. The highest BCUT2D eigenvalue weighted by atomic mass is 16.5. The maximum Gasteiger partial charge on any atom is 0.263 e. The number of hydrogen-bond donors (Lipinski definition) is 0. The molecule has 1 fully saturated rings. The summed E-state index contributed by atoms with van der Waals surface area (Å²) in [5.41, 5.74) is 1.62. The van der Waals surface area contributed by atoms with E-state index in [4.69, 9.17) is 10.00 Å². The molecule has 1 aromatic heterocycles. The van der Waals surface area contributed by atoms with E-state index in [1.807, 2.05) is 17.0 Å². The van der Waals surface area contributed by atoms with Gasteiger partial charge in [-0.1, -0.05) is 6.07 Å². The van der Waals surface area contributed by atoms with Gasteiger partial charge in [-0.25, -0.2) is 0 Å². The monoisotopic (exact) mass is 321 g/mol. The average molecular weight is 321 g/mol. The molecule has 1 aromatic carbocycles. The van der Waals surface area contributed by atoms with Crippen LogP contribution in [0.1, 0.15) is 36.9 Å². The standard InChI is InChI=1S/C19H19N3O2/c1-14(24-17-5-2-4-15(12-17)13-20)19(23)22-11-3-6-18(22)16-7-9-21-10-8-16/h2,4-5,7-10,12,14,18H,3,6,11H2,1H3. The number of carbonyl (C=O) groups excluding carboxylic acids is 1. The minimum absolute atomic E-state index is 0.0309.